The van der Waals surface area contributed by atoms with Crippen molar-refractivity contribution in [3.63, 3.8) is 0 Å². The third-order valence-electron chi connectivity index (χ3n) is 4.91. The van der Waals surface area contributed by atoms with E-state index in [0.29, 0.717) is 30.4 Å². The molecule has 0 saturated carbocycles. The maximum absolute atomic E-state index is 12.5. The standard InChI is InChI=1S/C20H21N5O2/c1-15(19-22-18(23-27-19)16-5-3-2-4-6-16)24-11-13-25(14-12-24)20(26)17-7-9-21-10-8-17/h2-10,15H,11-14H2,1H3. The molecule has 0 bridgehead atoms. The molecule has 7 heteroatoms. The molecule has 0 radical (unpaired) electrons. The van der Waals surface area contributed by atoms with E-state index in [-0.39, 0.29) is 11.9 Å². The summed E-state index contributed by atoms with van der Waals surface area (Å²) in [6, 6.07) is 13.3. The molecule has 1 aliphatic rings. The van der Waals surface area contributed by atoms with Gasteiger partial charge in [0.05, 0.1) is 6.04 Å². The van der Waals surface area contributed by atoms with Gasteiger partial charge >= 0.3 is 0 Å². The molecule has 1 unspecified atom stereocenters. The van der Waals surface area contributed by atoms with E-state index in [4.69, 9.17) is 4.52 Å². The summed E-state index contributed by atoms with van der Waals surface area (Å²) in [6.07, 6.45) is 3.29. The topological polar surface area (TPSA) is 75.4 Å². The second kappa shape index (κ2) is 7.67. The molecule has 0 spiro atoms. The molecule has 1 fully saturated rings. The number of pyridine rings is 1. The van der Waals surface area contributed by atoms with Gasteiger partial charge in [-0.1, -0.05) is 35.5 Å². The van der Waals surface area contributed by atoms with E-state index in [1.165, 1.54) is 0 Å². The molecule has 1 aliphatic heterocycles. The number of benzene rings is 1. The normalized spacial score (nSPS) is 16.3. The Labute approximate surface area is 157 Å². The second-order valence-corrected chi connectivity index (χ2v) is 6.56. The lowest BCUT2D eigenvalue weighted by Crippen LogP contribution is -2.49. The van der Waals surface area contributed by atoms with E-state index in [2.05, 4.69) is 26.9 Å². The highest BCUT2D eigenvalue weighted by Gasteiger charge is 2.28. The first-order valence-electron chi connectivity index (χ1n) is 9.05. The molecule has 4 rings (SSSR count). The SMILES string of the molecule is CC(c1nc(-c2ccccc2)no1)N1CCN(C(=O)c2ccncc2)CC1. The van der Waals surface area contributed by atoms with Crippen LogP contribution in [0.25, 0.3) is 11.4 Å². The number of aromatic nitrogens is 3. The molecular weight excluding hydrogens is 342 g/mol. The summed E-state index contributed by atoms with van der Waals surface area (Å²) in [5, 5.41) is 4.10. The van der Waals surface area contributed by atoms with Crippen LogP contribution < -0.4 is 0 Å². The van der Waals surface area contributed by atoms with Crippen LogP contribution in [0.4, 0.5) is 0 Å². The fourth-order valence-electron chi connectivity index (χ4n) is 3.25. The first kappa shape index (κ1) is 17.4. The molecule has 3 heterocycles. The fraction of sp³-hybridized carbons (Fsp3) is 0.300. The van der Waals surface area contributed by atoms with Crippen LogP contribution in [0.5, 0.6) is 0 Å². The Kier molecular flexibility index (Phi) is 4.93. The smallest absolute Gasteiger partial charge is 0.254 e. The molecule has 3 aromatic rings. The highest BCUT2D eigenvalue weighted by atomic mass is 16.5. The van der Waals surface area contributed by atoms with Gasteiger partial charge in [-0.05, 0) is 19.1 Å². The number of hydrogen-bond donors (Lipinski definition) is 0. The average Bonchev–Trinajstić information content (AvgIpc) is 3.24. The van der Waals surface area contributed by atoms with Crippen LogP contribution in [0.2, 0.25) is 0 Å². The van der Waals surface area contributed by atoms with Crippen LogP contribution in [0.3, 0.4) is 0 Å². The Bertz CT molecular complexity index is 889. The van der Waals surface area contributed by atoms with Crippen molar-refractivity contribution in [3.8, 4) is 11.4 Å². The Hall–Kier alpha value is -3.06. The van der Waals surface area contributed by atoms with E-state index in [1.54, 1.807) is 24.5 Å². The Balaban J connectivity index is 1.38. The van der Waals surface area contributed by atoms with Crippen molar-refractivity contribution in [1.29, 1.82) is 0 Å². The molecule has 1 saturated heterocycles. The van der Waals surface area contributed by atoms with Gasteiger partial charge in [0, 0.05) is 49.7 Å². The van der Waals surface area contributed by atoms with E-state index in [0.717, 1.165) is 18.7 Å². The van der Waals surface area contributed by atoms with Crippen LogP contribution in [-0.4, -0.2) is 57.0 Å². The van der Waals surface area contributed by atoms with Gasteiger partial charge in [0.1, 0.15) is 0 Å². The maximum Gasteiger partial charge on any atom is 0.254 e. The molecule has 1 aromatic carbocycles. The first-order valence-corrected chi connectivity index (χ1v) is 9.05. The van der Waals surface area contributed by atoms with Crippen LogP contribution in [0, 0.1) is 0 Å². The number of carbonyl (C=O) groups is 1. The molecule has 2 aromatic heterocycles. The summed E-state index contributed by atoms with van der Waals surface area (Å²) < 4.78 is 5.49. The van der Waals surface area contributed by atoms with Crippen LogP contribution >= 0.6 is 0 Å². The zero-order valence-corrected chi connectivity index (χ0v) is 15.2. The minimum atomic E-state index is 0.00754. The summed E-state index contributed by atoms with van der Waals surface area (Å²) in [5.41, 5.74) is 1.61. The van der Waals surface area contributed by atoms with Crippen LogP contribution in [0.15, 0.2) is 59.4 Å². The third kappa shape index (κ3) is 3.73. The third-order valence-corrected chi connectivity index (χ3v) is 4.91. The van der Waals surface area contributed by atoms with E-state index in [9.17, 15) is 4.79 Å². The van der Waals surface area contributed by atoms with Crippen molar-refractivity contribution < 1.29 is 9.32 Å². The highest BCUT2D eigenvalue weighted by Crippen LogP contribution is 2.23. The number of piperazine rings is 1. The Morgan fingerprint density at radius 3 is 2.44 bits per heavy atom. The molecular formula is C20H21N5O2. The largest absolute Gasteiger partial charge is 0.337 e. The van der Waals surface area contributed by atoms with Gasteiger partial charge in [0.25, 0.3) is 5.91 Å². The maximum atomic E-state index is 12.5. The van der Waals surface area contributed by atoms with Gasteiger partial charge in [0.2, 0.25) is 11.7 Å². The van der Waals surface area contributed by atoms with Crippen LogP contribution in [0.1, 0.15) is 29.2 Å². The Morgan fingerprint density at radius 1 is 1.04 bits per heavy atom. The summed E-state index contributed by atoms with van der Waals surface area (Å²) in [5.74, 6) is 1.25. The van der Waals surface area contributed by atoms with Gasteiger partial charge in [-0.25, -0.2) is 0 Å². The van der Waals surface area contributed by atoms with Crippen molar-refractivity contribution in [3.05, 3.63) is 66.3 Å². The van der Waals surface area contributed by atoms with E-state index < -0.39 is 0 Å². The van der Waals surface area contributed by atoms with Gasteiger partial charge in [-0.2, -0.15) is 4.98 Å². The van der Waals surface area contributed by atoms with Gasteiger partial charge < -0.3 is 9.42 Å². The predicted octanol–water partition coefficient (Wildman–Crippen LogP) is 2.65. The molecule has 1 atom stereocenters. The van der Waals surface area contributed by atoms with Crippen molar-refractivity contribution in [2.75, 3.05) is 26.2 Å². The monoisotopic (exact) mass is 363 g/mol. The summed E-state index contributed by atoms with van der Waals surface area (Å²) in [6.45, 7) is 4.93. The zero-order valence-electron chi connectivity index (χ0n) is 15.2. The highest BCUT2D eigenvalue weighted by molar-refractivity contribution is 5.94. The summed E-state index contributed by atoms with van der Waals surface area (Å²) in [4.78, 5) is 25.2. The molecule has 7 nitrogen and oxygen atoms in total. The minimum Gasteiger partial charge on any atom is -0.337 e. The molecule has 0 N–H and O–H groups in total. The van der Waals surface area contributed by atoms with E-state index >= 15 is 0 Å². The second-order valence-electron chi connectivity index (χ2n) is 6.56. The molecule has 1 amide bonds. The number of amides is 1. The molecule has 138 valence electrons. The minimum absolute atomic E-state index is 0.00754. The van der Waals surface area contributed by atoms with Gasteiger partial charge in [0.15, 0.2) is 0 Å². The molecule has 27 heavy (non-hydrogen) atoms. The van der Waals surface area contributed by atoms with Gasteiger partial charge in [-0.15, -0.1) is 0 Å². The average molecular weight is 363 g/mol. The number of carbonyl (C=O) groups excluding carboxylic acids is 1. The molecule has 0 aliphatic carbocycles. The number of nitrogens with zero attached hydrogens (tertiary/aromatic N) is 5. The number of hydrogen-bond acceptors (Lipinski definition) is 6. The summed E-state index contributed by atoms with van der Waals surface area (Å²) >= 11 is 0. The lowest BCUT2D eigenvalue weighted by molar-refractivity contribution is 0.0551. The van der Waals surface area contributed by atoms with Crippen molar-refractivity contribution >= 4 is 5.91 Å². The number of rotatable bonds is 4. The van der Waals surface area contributed by atoms with Crippen molar-refractivity contribution in [2.45, 2.75) is 13.0 Å². The fourth-order valence-corrected chi connectivity index (χ4v) is 3.25. The summed E-state index contributed by atoms with van der Waals surface area (Å²) in [7, 11) is 0. The van der Waals surface area contributed by atoms with E-state index in [1.807, 2.05) is 35.2 Å². The quantitative estimate of drug-likeness (QED) is 0.709. The van der Waals surface area contributed by atoms with Crippen molar-refractivity contribution in [2.24, 2.45) is 0 Å². The first-order chi connectivity index (χ1) is 13.2. The predicted molar refractivity (Wildman–Crippen MR) is 99.9 cm³/mol. The zero-order chi connectivity index (χ0) is 18.6. The lowest BCUT2D eigenvalue weighted by Gasteiger charge is -2.36. The van der Waals surface area contributed by atoms with Gasteiger partial charge in [-0.3, -0.25) is 14.7 Å². The Morgan fingerprint density at radius 2 is 1.74 bits per heavy atom. The lowest BCUT2D eigenvalue weighted by atomic mass is 10.2. The van der Waals surface area contributed by atoms with Crippen LogP contribution in [-0.2, 0) is 0 Å². The van der Waals surface area contributed by atoms with Crippen molar-refractivity contribution in [1.82, 2.24) is 24.9 Å².